The maximum absolute atomic E-state index is 11.3. The third kappa shape index (κ3) is 11.2. The van der Waals surface area contributed by atoms with Gasteiger partial charge in [0.1, 0.15) is 0 Å². The minimum Gasteiger partial charge on any atom is -0.355 e. The molecule has 0 unspecified atom stereocenters. The van der Waals surface area contributed by atoms with E-state index in [9.17, 15) is 9.59 Å². The van der Waals surface area contributed by atoms with E-state index in [2.05, 4.69) is 16.0 Å². The summed E-state index contributed by atoms with van der Waals surface area (Å²) in [5, 5.41) is 8.72. The molecular formula is C12H25N3O2. The summed E-state index contributed by atoms with van der Waals surface area (Å²) in [6.45, 7) is 8.21. The zero-order valence-corrected chi connectivity index (χ0v) is 11.1. The molecule has 0 saturated carbocycles. The van der Waals surface area contributed by atoms with Crippen molar-refractivity contribution in [1.29, 1.82) is 0 Å². The molecule has 0 bridgehead atoms. The Hall–Kier alpha value is -1.10. The second kappa shape index (κ2) is 10.1. The van der Waals surface area contributed by atoms with E-state index in [0.717, 1.165) is 13.1 Å². The number of hydrogen-bond acceptors (Lipinski definition) is 3. The highest BCUT2D eigenvalue weighted by atomic mass is 16.2. The zero-order valence-electron chi connectivity index (χ0n) is 11.1. The predicted molar refractivity (Wildman–Crippen MR) is 68.7 cm³/mol. The first-order valence-corrected chi connectivity index (χ1v) is 6.33. The summed E-state index contributed by atoms with van der Waals surface area (Å²) in [5.74, 6) is 0.0284. The topological polar surface area (TPSA) is 70.2 Å². The summed E-state index contributed by atoms with van der Waals surface area (Å²) in [4.78, 5) is 22.6. The van der Waals surface area contributed by atoms with Gasteiger partial charge in [-0.15, -0.1) is 0 Å². The molecule has 0 fully saturated rings. The number of rotatable bonds is 9. The molecule has 3 N–H and O–H groups in total. The molecule has 0 rings (SSSR count). The molecule has 0 heterocycles. The monoisotopic (exact) mass is 243 g/mol. The number of amides is 2. The van der Waals surface area contributed by atoms with E-state index >= 15 is 0 Å². The first-order chi connectivity index (χ1) is 8.06. The summed E-state index contributed by atoms with van der Waals surface area (Å²) >= 11 is 0. The predicted octanol–water partition coefficient (Wildman–Crippen LogP) is 0.407. The van der Waals surface area contributed by atoms with Crippen LogP contribution in [0.3, 0.4) is 0 Å². The molecule has 2 amide bonds. The van der Waals surface area contributed by atoms with E-state index in [1.54, 1.807) is 0 Å². The summed E-state index contributed by atoms with van der Waals surface area (Å²) in [6, 6.07) is 0.163. The Labute approximate surface area is 104 Å². The van der Waals surface area contributed by atoms with E-state index < -0.39 is 0 Å². The molecule has 0 atom stereocenters. The molecule has 0 radical (unpaired) electrons. The van der Waals surface area contributed by atoms with Crippen LogP contribution in [0.1, 0.15) is 40.0 Å². The summed E-state index contributed by atoms with van der Waals surface area (Å²) in [7, 11) is 0. The largest absolute Gasteiger partial charge is 0.355 e. The van der Waals surface area contributed by atoms with Crippen LogP contribution in [0.15, 0.2) is 0 Å². The number of carbonyl (C=O) groups excluding carboxylic acids is 2. The molecular weight excluding hydrogens is 218 g/mol. The van der Waals surface area contributed by atoms with E-state index in [0.29, 0.717) is 25.8 Å². The van der Waals surface area contributed by atoms with Gasteiger partial charge < -0.3 is 16.0 Å². The number of hydrogen-bond donors (Lipinski definition) is 3. The molecule has 0 aromatic heterocycles. The second-order valence-corrected chi connectivity index (χ2v) is 4.28. The van der Waals surface area contributed by atoms with E-state index in [-0.39, 0.29) is 17.9 Å². The van der Waals surface area contributed by atoms with E-state index in [1.165, 1.54) is 0 Å². The van der Waals surface area contributed by atoms with Gasteiger partial charge >= 0.3 is 0 Å². The minimum atomic E-state index is 0.0141. The molecule has 0 aliphatic carbocycles. The van der Waals surface area contributed by atoms with Crippen molar-refractivity contribution in [3.05, 3.63) is 0 Å². The van der Waals surface area contributed by atoms with E-state index in [4.69, 9.17) is 0 Å². The van der Waals surface area contributed by atoms with Gasteiger partial charge in [-0.1, -0.05) is 6.92 Å². The lowest BCUT2D eigenvalue weighted by molar-refractivity contribution is -0.122. The first kappa shape index (κ1) is 15.9. The number of carbonyl (C=O) groups is 2. The van der Waals surface area contributed by atoms with Crippen molar-refractivity contribution in [3.8, 4) is 0 Å². The summed E-state index contributed by atoms with van der Waals surface area (Å²) in [6.07, 6.45) is 1.43. The Morgan fingerprint density at radius 3 is 2.29 bits per heavy atom. The molecule has 5 nitrogen and oxygen atoms in total. The Morgan fingerprint density at radius 1 is 1.06 bits per heavy atom. The third-order valence-electron chi connectivity index (χ3n) is 2.13. The van der Waals surface area contributed by atoms with Crippen LogP contribution in [-0.4, -0.2) is 37.5 Å². The van der Waals surface area contributed by atoms with Crippen molar-refractivity contribution in [3.63, 3.8) is 0 Å². The Bertz CT molecular complexity index is 230. The molecule has 0 aliphatic rings. The molecule has 5 heteroatoms. The van der Waals surface area contributed by atoms with Crippen LogP contribution in [0.4, 0.5) is 0 Å². The van der Waals surface area contributed by atoms with E-state index in [1.807, 2.05) is 20.8 Å². The van der Waals surface area contributed by atoms with Gasteiger partial charge in [-0.25, -0.2) is 0 Å². The van der Waals surface area contributed by atoms with Gasteiger partial charge in [-0.05, 0) is 26.8 Å². The van der Waals surface area contributed by atoms with Crippen LogP contribution >= 0.6 is 0 Å². The zero-order chi connectivity index (χ0) is 13.1. The standard InChI is InChI=1S/C12H25N3O2/c1-4-13-8-9-14-11(16)6-5-7-12(17)15-10(2)3/h10,13H,4-9H2,1-3H3,(H,14,16)(H,15,17). The van der Waals surface area contributed by atoms with Gasteiger partial charge in [0.2, 0.25) is 11.8 Å². The lowest BCUT2D eigenvalue weighted by atomic mass is 10.2. The smallest absolute Gasteiger partial charge is 0.220 e. The highest BCUT2D eigenvalue weighted by Gasteiger charge is 2.05. The van der Waals surface area contributed by atoms with Crippen LogP contribution < -0.4 is 16.0 Å². The van der Waals surface area contributed by atoms with Gasteiger partial charge in [0.25, 0.3) is 0 Å². The van der Waals surface area contributed by atoms with Crippen LogP contribution in [0, 0.1) is 0 Å². The van der Waals surface area contributed by atoms with Gasteiger partial charge in [0.15, 0.2) is 0 Å². The second-order valence-electron chi connectivity index (χ2n) is 4.28. The maximum Gasteiger partial charge on any atom is 0.220 e. The van der Waals surface area contributed by atoms with Crippen LogP contribution in [0.25, 0.3) is 0 Å². The molecule has 0 spiro atoms. The Kier molecular flexibility index (Phi) is 9.43. The highest BCUT2D eigenvalue weighted by Crippen LogP contribution is 1.95. The van der Waals surface area contributed by atoms with Crippen molar-refractivity contribution >= 4 is 11.8 Å². The van der Waals surface area contributed by atoms with Gasteiger partial charge in [-0.2, -0.15) is 0 Å². The van der Waals surface area contributed by atoms with Crippen molar-refractivity contribution < 1.29 is 9.59 Å². The molecule has 0 aromatic rings. The Balaban J connectivity index is 3.41. The SMILES string of the molecule is CCNCCNC(=O)CCCC(=O)NC(C)C. The van der Waals surface area contributed by atoms with Gasteiger partial charge in [-0.3, -0.25) is 9.59 Å². The fourth-order valence-electron chi connectivity index (χ4n) is 1.36. The minimum absolute atomic E-state index is 0.0141. The average molecular weight is 243 g/mol. The average Bonchev–Trinajstić information content (AvgIpc) is 2.23. The lowest BCUT2D eigenvalue weighted by Gasteiger charge is -2.08. The first-order valence-electron chi connectivity index (χ1n) is 6.33. The number of nitrogens with one attached hydrogen (secondary N) is 3. The summed E-state index contributed by atoms with van der Waals surface area (Å²) < 4.78 is 0. The van der Waals surface area contributed by atoms with Crippen molar-refractivity contribution in [2.24, 2.45) is 0 Å². The van der Waals surface area contributed by atoms with Crippen LogP contribution in [0.5, 0.6) is 0 Å². The lowest BCUT2D eigenvalue weighted by Crippen LogP contribution is -2.32. The summed E-state index contributed by atoms with van der Waals surface area (Å²) in [5.41, 5.74) is 0. The normalized spacial score (nSPS) is 10.4. The quantitative estimate of drug-likeness (QED) is 0.514. The van der Waals surface area contributed by atoms with Gasteiger partial charge in [0.05, 0.1) is 0 Å². The highest BCUT2D eigenvalue weighted by molar-refractivity contribution is 5.78. The van der Waals surface area contributed by atoms with Crippen molar-refractivity contribution in [2.75, 3.05) is 19.6 Å². The molecule has 100 valence electrons. The van der Waals surface area contributed by atoms with Crippen molar-refractivity contribution in [2.45, 2.75) is 46.1 Å². The molecule has 0 saturated heterocycles. The molecule has 0 aromatic carbocycles. The fourth-order valence-corrected chi connectivity index (χ4v) is 1.36. The fraction of sp³-hybridized carbons (Fsp3) is 0.833. The van der Waals surface area contributed by atoms with Gasteiger partial charge in [0, 0.05) is 32.0 Å². The van der Waals surface area contributed by atoms with Crippen molar-refractivity contribution in [1.82, 2.24) is 16.0 Å². The molecule has 17 heavy (non-hydrogen) atoms. The third-order valence-corrected chi connectivity index (χ3v) is 2.13. The van der Waals surface area contributed by atoms with Crippen LogP contribution in [-0.2, 0) is 9.59 Å². The maximum atomic E-state index is 11.3. The Morgan fingerprint density at radius 2 is 1.71 bits per heavy atom. The molecule has 0 aliphatic heterocycles. The van der Waals surface area contributed by atoms with Crippen LogP contribution in [0.2, 0.25) is 0 Å². The number of likely N-dealkylation sites (N-methyl/N-ethyl adjacent to an activating group) is 1.